The Labute approximate surface area is 134 Å². The summed E-state index contributed by atoms with van der Waals surface area (Å²) in [4.78, 5) is 12.7. The molecule has 0 bridgehead atoms. The fourth-order valence-corrected chi connectivity index (χ4v) is 3.58. The third kappa shape index (κ3) is 2.20. The first-order valence-corrected chi connectivity index (χ1v) is 8.31. The number of fused-ring (bicyclic) bond motifs is 1. The summed E-state index contributed by atoms with van der Waals surface area (Å²) in [7, 11) is 0. The lowest BCUT2D eigenvalue weighted by Crippen LogP contribution is -2.24. The lowest BCUT2D eigenvalue weighted by molar-refractivity contribution is 0.454. The summed E-state index contributed by atoms with van der Waals surface area (Å²) in [5, 5.41) is 9.39. The molecule has 0 aliphatic heterocycles. The number of para-hydroxylation sites is 1. The van der Waals surface area contributed by atoms with Gasteiger partial charge in [-0.15, -0.1) is 5.10 Å². The molecule has 0 unspecified atom stereocenters. The van der Waals surface area contributed by atoms with Crippen LogP contribution in [0.2, 0.25) is 0 Å². The Morgan fingerprint density at radius 3 is 2.65 bits per heavy atom. The van der Waals surface area contributed by atoms with E-state index < -0.39 is 0 Å². The lowest BCUT2D eigenvalue weighted by Gasteiger charge is -2.13. The van der Waals surface area contributed by atoms with Crippen molar-refractivity contribution >= 4 is 10.9 Å². The summed E-state index contributed by atoms with van der Waals surface area (Å²) in [6.07, 6.45) is 6.80. The molecule has 0 radical (unpaired) electrons. The number of benzene rings is 1. The maximum absolute atomic E-state index is 12.7. The molecule has 0 saturated heterocycles. The van der Waals surface area contributed by atoms with Crippen LogP contribution in [0.1, 0.15) is 51.6 Å². The van der Waals surface area contributed by atoms with Crippen molar-refractivity contribution in [3.8, 4) is 5.82 Å². The van der Waals surface area contributed by atoms with Crippen LogP contribution < -0.4 is 5.56 Å². The zero-order valence-electron chi connectivity index (χ0n) is 13.5. The van der Waals surface area contributed by atoms with Crippen molar-refractivity contribution in [3.05, 3.63) is 40.8 Å². The highest BCUT2D eigenvalue weighted by molar-refractivity contribution is 5.79. The minimum Gasteiger partial charge on any atom is -0.267 e. The molecule has 2 aromatic heterocycles. The Kier molecular flexibility index (Phi) is 3.32. The molecular formula is C17H21N5O. The van der Waals surface area contributed by atoms with Crippen LogP contribution in [0.25, 0.3) is 16.7 Å². The predicted octanol–water partition coefficient (Wildman–Crippen LogP) is 3.08. The van der Waals surface area contributed by atoms with Crippen LogP contribution in [0.3, 0.4) is 0 Å². The minimum absolute atomic E-state index is 0.0195. The van der Waals surface area contributed by atoms with Gasteiger partial charge in [-0.1, -0.05) is 30.2 Å². The molecule has 0 amide bonds. The third-order valence-electron chi connectivity index (χ3n) is 4.69. The molecule has 120 valence electrons. The van der Waals surface area contributed by atoms with Gasteiger partial charge in [-0.05, 0) is 38.8 Å². The molecule has 1 aliphatic carbocycles. The summed E-state index contributed by atoms with van der Waals surface area (Å²) in [5.74, 6) is 0.712. The van der Waals surface area contributed by atoms with E-state index >= 15 is 0 Å². The minimum atomic E-state index is 0.0195. The second kappa shape index (κ2) is 5.37. The monoisotopic (exact) mass is 311 g/mol. The van der Waals surface area contributed by atoms with Crippen molar-refractivity contribution in [3.63, 3.8) is 0 Å². The summed E-state index contributed by atoms with van der Waals surface area (Å²) in [6, 6.07) is 8.17. The second-order valence-corrected chi connectivity index (χ2v) is 6.57. The second-order valence-electron chi connectivity index (χ2n) is 6.57. The number of rotatable bonds is 3. The average molecular weight is 311 g/mol. The Morgan fingerprint density at radius 2 is 1.91 bits per heavy atom. The van der Waals surface area contributed by atoms with Crippen LogP contribution in [0.5, 0.6) is 0 Å². The maximum Gasteiger partial charge on any atom is 0.275 e. The van der Waals surface area contributed by atoms with Gasteiger partial charge in [0.1, 0.15) is 0 Å². The van der Waals surface area contributed by atoms with Gasteiger partial charge in [-0.3, -0.25) is 4.79 Å². The molecular weight excluding hydrogens is 290 g/mol. The Bertz CT molecular complexity index is 895. The molecule has 0 spiro atoms. The topological polar surface area (TPSA) is 57.6 Å². The van der Waals surface area contributed by atoms with Gasteiger partial charge in [0.25, 0.3) is 5.56 Å². The molecule has 3 aromatic rings. The van der Waals surface area contributed by atoms with Crippen LogP contribution >= 0.6 is 0 Å². The van der Waals surface area contributed by atoms with Gasteiger partial charge in [0, 0.05) is 6.04 Å². The van der Waals surface area contributed by atoms with Crippen molar-refractivity contribution in [1.82, 2.24) is 24.4 Å². The molecule has 1 aromatic carbocycles. The molecule has 0 N–H and O–H groups in total. The highest BCUT2D eigenvalue weighted by atomic mass is 16.1. The van der Waals surface area contributed by atoms with Gasteiger partial charge in [0.2, 0.25) is 0 Å². The zero-order valence-corrected chi connectivity index (χ0v) is 13.5. The van der Waals surface area contributed by atoms with Crippen LogP contribution in [0.4, 0.5) is 0 Å². The lowest BCUT2D eigenvalue weighted by atomic mass is 10.2. The van der Waals surface area contributed by atoms with E-state index in [0.717, 1.165) is 23.7 Å². The molecule has 1 saturated carbocycles. The maximum atomic E-state index is 12.7. The Hall–Kier alpha value is -2.37. The van der Waals surface area contributed by atoms with E-state index in [4.69, 9.17) is 0 Å². The first-order valence-electron chi connectivity index (χ1n) is 8.31. The van der Waals surface area contributed by atoms with E-state index in [1.807, 2.05) is 53.7 Å². The van der Waals surface area contributed by atoms with Gasteiger partial charge in [0.05, 0.1) is 23.1 Å². The fourth-order valence-electron chi connectivity index (χ4n) is 3.58. The van der Waals surface area contributed by atoms with Crippen molar-refractivity contribution in [2.75, 3.05) is 0 Å². The van der Waals surface area contributed by atoms with E-state index in [-0.39, 0.29) is 11.6 Å². The molecule has 2 heterocycles. The smallest absolute Gasteiger partial charge is 0.267 e. The average Bonchev–Trinajstić information content (AvgIpc) is 3.25. The molecule has 6 nitrogen and oxygen atoms in total. The SMILES string of the molecule is CC(C)n1c(=O)c2ccccc2n1-c1cn(C2CCCC2)nn1. The van der Waals surface area contributed by atoms with E-state index in [2.05, 4.69) is 10.3 Å². The molecule has 0 atom stereocenters. The van der Waals surface area contributed by atoms with Gasteiger partial charge in [-0.2, -0.15) is 0 Å². The van der Waals surface area contributed by atoms with Crippen LogP contribution in [0.15, 0.2) is 35.3 Å². The van der Waals surface area contributed by atoms with Gasteiger partial charge in [0.15, 0.2) is 5.82 Å². The van der Waals surface area contributed by atoms with Crippen molar-refractivity contribution in [1.29, 1.82) is 0 Å². The van der Waals surface area contributed by atoms with Crippen LogP contribution in [-0.4, -0.2) is 24.4 Å². The van der Waals surface area contributed by atoms with Crippen LogP contribution in [0, 0.1) is 0 Å². The highest BCUT2D eigenvalue weighted by Gasteiger charge is 2.21. The summed E-state index contributed by atoms with van der Waals surface area (Å²) in [5.41, 5.74) is 0.899. The predicted molar refractivity (Wildman–Crippen MR) is 89.0 cm³/mol. The fraction of sp³-hybridized carbons (Fsp3) is 0.471. The Balaban J connectivity index is 1.91. The first kappa shape index (κ1) is 14.2. The highest BCUT2D eigenvalue weighted by Crippen LogP contribution is 2.29. The molecule has 1 fully saturated rings. The van der Waals surface area contributed by atoms with E-state index in [1.165, 1.54) is 12.8 Å². The standard InChI is InChI=1S/C17H21N5O/c1-12(2)21-17(23)14-9-5-6-10-15(14)22(21)16-11-20(19-18-16)13-7-3-4-8-13/h5-6,9-13H,3-4,7-8H2,1-2H3. The van der Waals surface area contributed by atoms with Gasteiger partial charge < -0.3 is 0 Å². The van der Waals surface area contributed by atoms with Crippen molar-refractivity contribution in [2.24, 2.45) is 0 Å². The molecule has 6 heteroatoms. The summed E-state index contributed by atoms with van der Waals surface area (Å²) < 4.78 is 5.63. The van der Waals surface area contributed by atoms with E-state index in [9.17, 15) is 4.79 Å². The molecule has 4 rings (SSSR count). The quantitative estimate of drug-likeness (QED) is 0.747. The van der Waals surface area contributed by atoms with Gasteiger partial charge in [-0.25, -0.2) is 14.0 Å². The zero-order chi connectivity index (χ0) is 16.0. The number of hydrogen-bond acceptors (Lipinski definition) is 3. The van der Waals surface area contributed by atoms with Crippen LogP contribution in [-0.2, 0) is 0 Å². The first-order chi connectivity index (χ1) is 11.2. The third-order valence-corrected chi connectivity index (χ3v) is 4.69. The van der Waals surface area contributed by atoms with Crippen molar-refractivity contribution in [2.45, 2.75) is 51.6 Å². The van der Waals surface area contributed by atoms with Gasteiger partial charge >= 0.3 is 0 Å². The Morgan fingerprint density at radius 1 is 1.17 bits per heavy atom. The number of nitrogens with zero attached hydrogens (tertiary/aromatic N) is 5. The number of hydrogen-bond donors (Lipinski definition) is 0. The van der Waals surface area contributed by atoms with E-state index in [1.54, 1.807) is 4.68 Å². The van der Waals surface area contributed by atoms with E-state index in [0.29, 0.717) is 11.9 Å². The normalized spacial score (nSPS) is 16.0. The summed E-state index contributed by atoms with van der Waals surface area (Å²) >= 11 is 0. The number of aromatic nitrogens is 5. The summed E-state index contributed by atoms with van der Waals surface area (Å²) in [6.45, 7) is 4.02. The van der Waals surface area contributed by atoms with Crippen molar-refractivity contribution < 1.29 is 0 Å². The molecule has 23 heavy (non-hydrogen) atoms. The molecule has 1 aliphatic rings. The largest absolute Gasteiger partial charge is 0.275 e.